The Kier molecular flexibility index (Phi) is 5.53. The number of amides is 2. The van der Waals surface area contributed by atoms with Crippen LogP contribution in [0.5, 0.6) is 0 Å². The number of anilines is 1. The van der Waals surface area contributed by atoms with Crippen molar-refractivity contribution in [2.45, 2.75) is 45.6 Å². The molecule has 2 amide bonds. The molecule has 1 fully saturated rings. The number of nitrogens with zero attached hydrogens (tertiary/aromatic N) is 3. The number of aryl methyl sites for hydroxylation is 2. The third-order valence-electron chi connectivity index (χ3n) is 4.87. The van der Waals surface area contributed by atoms with Crippen molar-refractivity contribution in [2.75, 3.05) is 18.5 Å². The van der Waals surface area contributed by atoms with Gasteiger partial charge in [0.2, 0.25) is 0 Å². The van der Waals surface area contributed by atoms with Crippen LogP contribution in [0.15, 0.2) is 12.3 Å². The molecule has 1 aliphatic carbocycles. The molecule has 0 aromatic carbocycles. The molecule has 1 saturated carbocycles. The number of carbonyl (C=O) groups is 1. The van der Waals surface area contributed by atoms with E-state index in [0.29, 0.717) is 30.9 Å². The number of hydrogen-bond donors (Lipinski definition) is 2. The summed E-state index contributed by atoms with van der Waals surface area (Å²) < 4.78 is 7.64. The zero-order valence-corrected chi connectivity index (χ0v) is 15.2. The molecule has 0 spiro atoms. The lowest BCUT2D eigenvalue weighted by Crippen LogP contribution is -2.34. The van der Waals surface area contributed by atoms with Gasteiger partial charge >= 0.3 is 6.03 Å². The van der Waals surface area contributed by atoms with E-state index in [0.717, 1.165) is 23.1 Å². The molecular weight excluding hydrogens is 318 g/mol. The van der Waals surface area contributed by atoms with E-state index in [1.807, 2.05) is 20.0 Å². The summed E-state index contributed by atoms with van der Waals surface area (Å²) in [5.41, 5.74) is 2.35. The maximum atomic E-state index is 12.0. The highest BCUT2D eigenvalue weighted by Gasteiger charge is 2.21. The summed E-state index contributed by atoms with van der Waals surface area (Å²) in [6.45, 7) is 5.21. The van der Waals surface area contributed by atoms with Crippen molar-refractivity contribution in [1.29, 1.82) is 0 Å². The van der Waals surface area contributed by atoms with E-state index in [4.69, 9.17) is 4.74 Å². The summed E-state index contributed by atoms with van der Waals surface area (Å²) >= 11 is 0. The minimum absolute atomic E-state index is 0.247. The maximum Gasteiger partial charge on any atom is 0.319 e. The van der Waals surface area contributed by atoms with E-state index < -0.39 is 0 Å². The first-order valence-corrected chi connectivity index (χ1v) is 9.00. The van der Waals surface area contributed by atoms with Gasteiger partial charge < -0.3 is 15.4 Å². The molecule has 25 heavy (non-hydrogen) atoms. The van der Waals surface area contributed by atoms with Crippen molar-refractivity contribution >= 4 is 22.8 Å². The highest BCUT2D eigenvalue weighted by atomic mass is 16.5. The van der Waals surface area contributed by atoms with Crippen molar-refractivity contribution in [3.05, 3.63) is 18.0 Å². The fraction of sp³-hybridized carbons (Fsp3) is 0.611. The van der Waals surface area contributed by atoms with E-state index in [-0.39, 0.29) is 6.03 Å². The van der Waals surface area contributed by atoms with Crippen LogP contribution < -0.4 is 10.6 Å². The molecule has 2 aromatic heterocycles. The zero-order valence-electron chi connectivity index (χ0n) is 15.2. The summed E-state index contributed by atoms with van der Waals surface area (Å²) in [4.78, 5) is 16.4. The van der Waals surface area contributed by atoms with Gasteiger partial charge in [-0.1, -0.05) is 19.8 Å². The molecule has 0 aliphatic heterocycles. The lowest BCUT2D eigenvalue weighted by atomic mass is 9.88. The summed E-state index contributed by atoms with van der Waals surface area (Å²) in [5, 5.41) is 10.9. The van der Waals surface area contributed by atoms with Gasteiger partial charge in [-0.3, -0.25) is 4.68 Å². The summed E-state index contributed by atoms with van der Waals surface area (Å²) in [5.74, 6) is 0.614. The lowest BCUT2D eigenvalue weighted by Gasteiger charge is -2.28. The van der Waals surface area contributed by atoms with E-state index >= 15 is 0 Å². The SMILES string of the molecule is Cc1nn(C)c2ncc(NC(=O)NCCOC3CCCCC3C)cc12. The Labute approximate surface area is 148 Å². The van der Waals surface area contributed by atoms with E-state index in [9.17, 15) is 4.79 Å². The number of fused-ring (bicyclic) bond motifs is 1. The van der Waals surface area contributed by atoms with Gasteiger partial charge in [-0.2, -0.15) is 5.10 Å². The molecule has 2 unspecified atom stereocenters. The predicted octanol–water partition coefficient (Wildman–Crippen LogP) is 2.99. The molecule has 0 bridgehead atoms. The Morgan fingerprint density at radius 2 is 2.20 bits per heavy atom. The predicted molar refractivity (Wildman–Crippen MR) is 97.6 cm³/mol. The zero-order chi connectivity index (χ0) is 17.8. The van der Waals surface area contributed by atoms with Gasteiger partial charge in [0, 0.05) is 19.0 Å². The second-order valence-electron chi connectivity index (χ2n) is 6.86. The molecule has 1 aliphatic rings. The summed E-state index contributed by atoms with van der Waals surface area (Å²) in [6, 6.07) is 1.65. The highest BCUT2D eigenvalue weighted by Crippen LogP contribution is 2.26. The lowest BCUT2D eigenvalue weighted by molar-refractivity contribution is -0.00232. The molecule has 2 atom stereocenters. The van der Waals surface area contributed by atoms with Crippen LogP contribution in [0.25, 0.3) is 11.0 Å². The van der Waals surface area contributed by atoms with E-state index in [2.05, 4.69) is 27.6 Å². The van der Waals surface area contributed by atoms with E-state index in [1.54, 1.807) is 10.9 Å². The fourth-order valence-electron chi connectivity index (χ4n) is 3.46. The Morgan fingerprint density at radius 1 is 1.40 bits per heavy atom. The van der Waals surface area contributed by atoms with Gasteiger partial charge in [0.25, 0.3) is 0 Å². The molecule has 136 valence electrons. The van der Waals surface area contributed by atoms with Crippen molar-refractivity contribution in [2.24, 2.45) is 13.0 Å². The Morgan fingerprint density at radius 3 is 3.00 bits per heavy atom. The molecule has 7 nitrogen and oxygen atoms in total. The first kappa shape index (κ1) is 17.7. The summed E-state index contributed by atoms with van der Waals surface area (Å²) in [7, 11) is 1.86. The van der Waals surface area contributed by atoms with Gasteiger partial charge in [0.1, 0.15) is 0 Å². The van der Waals surface area contributed by atoms with Crippen LogP contribution in [0.4, 0.5) is 10.5 Å². The Bertz CT molecular complexity index is 742. The number of ether oxygens (including phenoxy) is 1. The maximum absolute atomic E-state index is 12.0. The van der Waals surface area contributed by atoms with Crippen molar-refractivity contribution in [3.63, 3.8) is 0 Å². The van der Waals surface area contributed by atoms with Crippen molar-refractivity contribution in [3.8, 4) is 0 Å². The van der Waals surface area contributed by atoms with Gasteiger partial charge in [-0.05, 0) is 31.7 Å². The topological polar surface area (TPSA) is 81.1 Å². The fourth-order valence-corrected chi connectivity index (χ4v) is 3.46. The van der Waals surface area contributed by atoms with Gasteiger partial charge in [-0.15, -0.1) is 0 Å². The third kappa shape index (κ3) is 4.28. The molecular formula is C18H27N5O2. The minimum atomic E-state index is -0.247. The number of pyridine rings is 1. The molecule has 2 heterocycles. The number of hydrogen-bond acceptors (Lipinski definition) is 4. The first-order valence-electron chi connectivity index (χ1n) is 9.00. The third-order valence-corrected chi connectivity index (χ3v) is 4.87. The molecule has 0 saturated heterocycles. The highest BCUT2D eigenvalue weighted by molar-refractivity contribution is 5.91. The molecule has 2 aromatic rings. The molecule has 0 radical (unpaired) electrons. The number of aromatic nitrogens is 3. The Hall–Kier alpha value is -2.15. The Balaban J connectivity index is 1.45. The average molecular weight is 345 g/mol. The van der Waals surface area contributed by atoms with Crippen LogP contribution >= 0.6 is 0 Å². The standard InChI is InChI=1S/C18H27N5O2/c1-12-6-4-5-7-16(12)25-9-8-19-18(24)21-14-10-15-13(2)22-23(3)17(15)20-11-14/h10-12,16H,4-9H2,1-3H3,(H2,19,21,24). The number of urea groups is 1. The van der Waals surface area contributed by atoms with Crippen LogP contribution in [-0.4, -0.2) is 40.1 Å². The van der Waals surface area contributed by atoms with Crippen LogP contribution in [-0.2, 0) is 11.8 Å². The van der Waals surface area contributed by atoms with Gasteiger partial charge in [0.15, 0.2) is 5.65 Å². The normalized spacial score (nSPS) is 20.6. The monoisotopic (exact) mass is 345 g/mol. The van der Waals surface area contributed by atoms with Crippen LogP contribution in [0, 0.1) is 12.8 Å². The van der Waals surface area contributed by atoms with Crippen LogP contribution in [0.1, 0.15) is 38.3 Å². The average Bonchev–Trinajstić information content (AvgIpc) is 2.87. The minimum Gasteiger partial charge on any atom is -0.376 e. The number of carbonyl (C=O) groups excluding carboxylic acids is 1. The van der Waals surface area contributed by atoms with Crippen molar-refractivity contribution < 1.29 is 9.53 Å². The van der Waals surface area contributed by atoms with Gasteiger partial charge in [0.05, 0.1) is 30.3 Å². The van der Waals surface area contributed by atoms with E-state index in [1.165, 1.54) is 19.3 Å². The van der Waals surface area contributed by atoms with Crippen molar-refractivity contribution in [1.82, 2.24) is 20.1 Å². The second kappa shape index (κ2) is 7.82. The largest absolute Gasteiger partial charge is 0.376 e. The smallest absolute Gasteiger partial charge is 0.319 e. The van der Waals surface area contributed by atoms with Gasteiger partial charge in [-0.25, -0.2) is 9.78 Å². The number of nitrogens with one attached hydrogen (secondary N) is 2. The first-order chi connectivity index (χ1) is 12.0. The quantitative estimate of drug-likeness (QED) is 0.816. The molecule has 2 N–H and O–H groups in total. The second-order valence-corrected chi connectivity index (χ2v) is 6.86. The number of rotatable bonds is 5. The molecule has 3 rings (SSSR count). The van der Waals surface area contributed by atoms with Crippen LogP contribution in [0.3, 0.4) is 0 Å². The van der Waals surface area contributed by atoms with Crippen LogP contribution in [0.2, 0.25) is 0 Å². The molecule has 7 heteroatoms. The summed E-state index contributed by atoms with van der Waals surface area (Å²) in [6.07, 6.45) is 6.88.